The van der Waals surface area contributed by atoms with Gasteiger partial charge in [0.2, 0.25) is 0 Å². The van der Waals surface area contributed by atoms with Crippen molar-refractivity contribution in [1.82, 2.24) is 0 Å². The molecule has 0 radical (unpaired) electrons. The van der Waals surface area contributed by atoms with Crippen molar-refractivity contribution < 1.29 is 29.3 Å². The molecule has 7 heteroatoms. The molecule has 0 aliphatic heterocycles. The molecule has 3 N–H and O–H groups in total. The summed E-state index contributed by atoms with van der Waals surface area (Å²) in [6.07, 6.45) is 8.29. The van der Waals surface area contributed by atoms with E-state index in [0.29, 0.717) is 37.0 Å². The Morgan fingerprint density at radius 3 is 2.59 bits per heavy atom. The molecule has 2 rings (SSSR count). The van der Waals surface area contributed by atoms with Crippen molar-refractivity contribution in [1.29, 1.82) is 0 Å². The van der Waals surface area contributed by atoms with Gasteiger partial charge in [0, 0.05) is 29.8 Å². The number of benzene rings is 1. The lowest BCUT2D eigenvalue weighted by atomic mass is 9.90. The first-order chi connectivity index (χ1) is 15.3. The van der Waals surface area contributed by atoms with Gasteiger partial charge in [-0.15, -0.1) is 0 Å². The lowest BCUT2D eigenvalue weighted by Gasteiger charge is -2.31. The summed E-state index contributed by atoms with van der Waals surface area (Å²) < 4.78 is 13.4. The van der Waals surface area contributed by atoms with E-state index in [1.54, 1.807) is 12.1 Å². The molecule has 1 aliphatic carbocycles. The molecule has 1 aromatic rings. The second-order valence-corrected chi connectivity index (χ2v) is 9.77. The number of carbonyl (C=O) groups excluding carboxylic acids is 1. The van der Waals surface area contributed by atoms with Crippen LogP contribution < -0.4 is 0 Å². The molecule has 5 nitrogen and oxygen atoms in total. The van der Waals surface area contributed by atoms with Gasteiger partial charge in [0.1, 0.15) is 11.6 Å². The van der Waals surface area contributed by atoms with E-state index >= 15 is 0 Å². The fourth-order valence-corrected chi connectivity index (χ4v) is 5.70. The van der Waals surface area contributed by atoms with E-state index in [-0.39, 0.29) is 35.6 Å². The number of hydrogen-bond acceptors (Lipinski definition) is 5. The van der Waals surface area contributed by atoms with Crippen molar-refractivity contribution in [2.45, 2.75) is 81.7 Å². The minimum atomic E-state index is -1.16. The number of Topliss-reactive ketones (excluding diaryl/α,β-unsaturated/α-hetero) is 1. The van der Waals surface area contributed by atoms with Gasteiger partial charge in [0.05, 0.1) is 11.7 Å². The summed E-state index contributed by atoms with van der Waals surface area (Å²) >= 11 is 1.41. The van der Waals surface area contributed by atoms with Gasteiger partial charge < -0.3 is 15.3 Å². The van der Waals surface area contributed by atoms with Crippen LogP contribution in [0.15, 0.2) is 36.4 Å². The van der Waals surface area contributed by atoms with Crippen LogP contribution in [0.3, 0.4) is 0 Å². The number of halogens is 1. The largest absolute Gasteiger partial charge is 0.481 e. The number of ketones is 1. The van der Waals surface area contributed by atoms with Gasteiger partial charge in [-0.3, -0.25) is 9.59 Å². The molecular formula is C25H35FO5S. The summed E-state index contributed by atoms with van der Waals surface area (Å²) in [6.45, 7) is 2.09. The third kappa shape index (κ3) is 8.01. The highest BCUT2D eigenvalue weighted by atomic mass is 32.2. The summed E-state index contributed by atoms with van der Waals surface area (Å²) in [6, 6.07) is 5.90. The minimum Gasteiger partial charge on any atom is -0.481 e. The van der Waals surface area contributed by atoms with Gasteiger partial charge >= 0.3 is 5.97 Å². The van der Waals surface area contributed by atoms with Crippen LogP contribution in [0.4, 0.5) is 4.39 Å². The molecule has 0 aromatic heterocycles. The molecule has 0 amide bonds. The van der Waals surface area contributed by atoms with E-state index in [4.69, 9.17) is 5.11 Å². The molecule has 178 valence electrons. The average Bonchev–Trinajstić information content (AvgIpc) is 3.01. The summed E-state index contributed by atoms with van der Waals surface area (Å²) in [7, 11) is 0. The van der Waals surface area contributed by atoms with Crippen molar-refractivity contribution >= 4 is 23.5 Å². The van der Waals surface area contributed by atoms with E-state index in [0.717, 1.165) is 19.3 Å². The molecule has 4 atom stereocenters. The molecular weight excluding hydrogens is 431 g/mol. The quantitative estimate of drug-likeness (QED) is 0.268. The van der Waals surface area contributed by atoms with Crippen LogP contribution in [-0.2, 0) is 15.2 Å². The van der Waals surface area contributed by atoms with E-state index in [9.17, 15) is 24.2 Å². The molecule has 1 aromatic carbocycles. The molecule has 0 bridgehead atoms. The van der Waals surface area contributed by atoms with Crippen molar-refractivity contribution in [2.24, 2.45) is 5.92 Å². The van der Waals surface area contributed by atoms with Crippen LogP contribution in [0, 0.1) is 11.7 Å². The highest BCUT2D eigenvalue weighted by Crippen LogP contribution is 2.40. The second-order valence-electron chi connectivity index (χ2n) is 8.61. The Kier molecular flexibility index (Phi) is 10.9. The van der Waals surface area contributed by atoms with Crippen LogP contribution in [0.5, 0.6) is 0 Å². The average molecular weight is 467 g/mol. The molecule has 1 aliphatic rings. The zero-order valence-corrected chi connectivity index (χ0v) is 19.5. The lowest BCUT2D eigenvalue weighted by molar-refractivity contribution is -0.137. The molecule has 2 unspecified atom stereocenters. The predicted octanol–water partition coefficient (Wildman–Crippen LogP) is 4.85. The first-order valence-corrected chi connectivity index (χ1v) is 12.5. The number of carboxylic acid groups (broad SMARTS) is 1. The molecule has 0 saturated heterocycles. The Morgan fingerprint density at radius 1 is 1.22 bits per heavy atom. The standard InChI is InChI=1S/C25H35FO5S/c1-2-3-8-15-25(31,18-11-13-19(26)14-12-18)17-32-24-20(21(27)16-22(24)28)9-6-4-5-7-10-23(29)30/h4,6,11-14,20,22,24,28,31H,2-3,5,7-10,15-17H2,1H3,(H,29,30)/t20-,22?,24+,25?/m0/s1. The number of aliphatic hydroxyl groups excluding tert-OH is 1. The van der Waals surface area contributed by atoms with Gasteiger partial charge in [0.15, 0.2) is 0 Å². The maximum atomic E-state index is 13.4. The highest BCUT2D eigenvalue weighted by Gasteiger charge is 2.42. The predicted molar refractivity (Wildman–Crippen MR) is 125 cm³/mol. The monoisotopic (exact) mass is 466 g/mol. The summed E-state index contributed by atoms with van der Waals surface area (Å²) in [5.74, 6) is -1.18. The van der Waals surface area contributed by atoms with Gasteiger partial charge in [-0.05, 0) is 43.4 Å². The summed E-state index contributed by atoms with van der Waals surface area (Å²) in [4.78, 5) is 23.0. The molecule has 0 heterocycles. The fraction of sp³-hybridized carbons (Fsp3) is 0.600. The maximum absolute atomic E-state index is 13.4. The third-order valence-corrected chi connectivity index (χ3v) is 7.68. The zero-order chi connectivity index (χ0) is 23.6. The van der Waals surface area contributed by atoms with Gasteiger partial charge in [-0.2, -0.15) is 11.8 Å². The molecule has 1 saturated carbocycles. The Hall–Kier alpha value is -1.70. The topological polar surface area (TPSA) is 94.8 Å². The van der Waals surface area contributed by atoms with E-state index in [1.807, 2.05) is 12.2 Å². The molecule has 32 heavy (non-hydrogen) atoms. The number of aliphatic carboxylic acids is 1. The highest BCUT2D eigenvalue weighted by molar-refractivity contribution is 8.00. The van der Waals surface area contributed by atoms with Gasteiger partial charge in [-0.25, -0.2) is 4.39 Å². The Labute approximate surface area is 194 Å². The van der Waals surface area contributed by atoms with Crippen molar-refractivity contribution in [3.8, 4) is 0 Å². The number of thioether (sulfide) groups is 1. The normalized spacial score (nSPS) is 23.0. The maximum Gasteiger partial charge on any atom is 0.303 e. The fourth-order valence-electron chi connectivity index (χ4n) is 4.11. The van der Waals surface area contributed by atoms with Gasteiger partial charge in [-0.1, -0.05) is 50.5 Å². The summed E-state index contributed by atoms with van der Waals surface area (Å²) in [5.41, 5.74) is -0.507. The lowest BCUT2D eigenvalue weighted by Crippen LogP contribution is -2.32. The Bertz CT molecular complexity index is 766. The van der Waals surface area contributed by atoms with Crippen LogP contribution >= 0.6 is 11.8 Å². The van der Waals surface area contributed by atoms with Crippen LogP contribution in [-0.4, -0.2) is 44.2 Å². The van der Waals surface area contributed by atoms with E-state index in [2.05, 4.69) is 6.92 Å². The van der Waals surface area contributed by atoms with Crippen molar-refractivity contribution in [2.75, 3.05) is 5.75 Å². The van der Waals surface area contributed by atoms with Crippen molar-refractivity contribution in [3.05, 3.63) is 47.8 Å². The smallest absolute Gasteiger partial charge is 0.303 e. The number of hydrogen-bond donors (Lipinski definition) is 3. The van der Waals surface area contributed by atoms with Crippen molar-refractivity contribution in [3.63, 3.8) is 0 Å². The minimum absolute atomic E-state index is 0.0153. The van der Waals surface area contributed by atoms with Gasteiger partial charge in [0.25, 0.3) is 0 Å². The van der Waals surface area contributed by atoms with E-state index < -0.39 is 17.7 Å². The number of rotatable bonds is 14. The number of carboxylic acids is 1. The molecule has 1 fully saturated rings. The Balaban J connectivity index is 2.03. The first kappa shape index (κ1) is 26.6. The van der Waals surface area contributed by atoms with Crippen LogP contribution in [0.25, 0.3) is 0 Å². The first-order valence-electron chi connectivity index (χ1n) is 11.4. The number of allylic oxidation sites excluding steroid dienone is 2. The number of aliphatic hydroxyl groups is 2. The number of carbonyl (C=O) groups is 2. The third-order valence-electron chi connectivity index (χ3n) is 6.01. The SMILES string of the molecule is CCCCCC(O)(CS[C@H]1C(O)CC(=O)[C@@H]1CC=CCCCC(=O)O)c1ccc(F)cc1. The van der Waals surface area contributed by atoms with Crippen LogP contribution in [0.2, 0.25) is 0 Å². The summed E-state index contributed by atoms with van der Waals surface area (Å²) in [5, 5.41) is 30.3. The molecule has 0 spiro atoms. The second kappa shape index (κ2) is 13.1. The Morgan fingerprint density at radius 2 is 1.94 bits per heavy atom. The number of unbranched alkanes of at least 4 members (excludes halogenated alkanes) is 3. The van der Waals surface area contributed by atoms with E-state index in [1.165, 1.54) is 23.9 Å². The zero-order valence-electron chi connectivity index (χ0n) is 18.7. The van der Waals surface area contributed by atoms with Crippen LogP contribution in [0.1, 0.15) is 70.3 Å².